The standard InChI is InChI=1S/C35H45N3O8/c1-38-22-26(20-36-32(39)14-10-8-12-24-16-28(41-2)34(45-6)29(17-24)42-3)27(23-38)21-37-33(40)15-11-9-13-25-18-30(43-4)35(46-7)31(19-25)44-5/h8-19,26-27H,20-23H2,1-7H3,(H,36,39)(H,37,40)/b12-8+,13-9+,14-10+,15-11+/t26-,27-/m1/s1. The molecular weight excluding hydrogens is 590 g/mol. The van der Waals surface area contributed by atoms with E-state index in [1.165, 1.54) is 12.2 Å². The molecule has 0 unspecified atom stereocenters. The molecule has 0 spiro atoms. The molecule has 1 aliphatic heterocycles. The van der Waals surface area contributed by atoms with Gasteiger partial charge in [-0.05, 0) is 54.3 Å². The van der Waals surface area contributed by atoms with Crippen molar-refractivity contribution in [3.05, 3.63) is 71.8 Å². The zero-order valence-corrected chi connectivity index (χ0v) is 27.6. The molecule has 2 aromatic rings. The predicted octanol–water partition coefficient (Wildman–Crippen LogP) is 3.99. The molecule has 46 heavy (non-hydrogen) atoms. The summed E-state index contributed by atoms with van der Waals surface area (Å²) < 4.78 is 32.2. The van der Waals surface area contributed by atoms with E-state index in [1.807, 2.05) is 43.5 Å². The van der Waals surface area contributed by atoms with Gasteiger partial charge in [-0.1, -0.05) is 36.5 Å². The van der Waals surface area contributed by atoms with Gasteiger partial charge in [0.2, 0.25) is 23.3 Å². The number of carbonyl (C=O) groups is 2. The van der Waals surface area contributed by atoms with Gasteiger partial charge in [0, 0.05) is 38.3 Å². The van der Waals surface area contributed by atoms with Crippen molar-refractivity contribution in [1.29, 1.82) is 0 Å². The van der Waals surface area contributed by atoms with E-state index < -0.39 is 0 Å². The van der Waals surface area contributed by atoms with E-state index in [0.717, 1.165) is 24.2 Å². The molecular formula is C35H45N3O8. The van der Waals surface area contributed by atoms with E-state index in [2.05, 4.69) is 15.5 Å². The molecule has 0 radical (unpaired) electrons. The van der Waals surface area contributed by atoms with Crippen LogP contribution in [0.2, 0.25) is 0 Å². The number of amides is 2. The molecule has 3 rings (SSSR count). The molecule has 0 aromatic heterocycles. The Hall–Kier alpha value is -4.90. The SMILES string of the molecule is COc1cc(/C=C/C=C/C(=O)NC[C@@H]2CN(C)C[C@H]2CNC(=O)/C=C/C=C/c2cc(OC)c(OC)c(OC)c2)cc(OC)c1OC. The van der Waals surface area contributed by atoms with Crippen LogP contribution in [-0.4, -0.2) is 92.6 Å². The summed E-state index contributed by atoms with van der Waals surface area (Å²) in [4.78, 5) is 27.2. The van der Waals surface area contributed by atoms with Crippen LogP contribution in [0.3, 0.4) is 0 Å². The lowest BCUT2D eigenvalue weighted by Gasteiger charge is -2.18. The number of hydrogen-bond donors (Lipinski definition) is 2. The van der Waals surface area contributed by atoms with Crippen LogP contribution in [0.4, 0.5) is 0 Å². The fourth-order valence-corrected chi connectivity index (χ4v) is 5.23. The first kappa shape index (κ1) is 35.6. The number of likely N-dealkylation sites (tertiary alicyclic amines) is 1. The second-order valence-corrected chi connectivity index (χ2v) is 10.6. The van der Waals surface area contributed by atoms with Crippen molar-refractivity contribution < 1.29 is 38.0 Å². The third kappa shape index (κ3) is 10.1. The molecule has 0 saturated carbocycles. The number of benzene rings is 2. The van der Waals surface area contributed by atoms with Crippen molar-refractivity contribution in [2.45, 2.75) is 0 Å². The van der Waals surface area contributed by atoms with Crippen LogP contribution in [-0.2, 0) is 9.59 Å². The van der Waals surface area contributed by atoms with Gasteiger partial charge < -0.3 is 44.0 Å². The zero-order chi connectivity index (χ0) is 33.5. The minimum Gasteiger partial charge on any atom is -0.493 e. The van der Waals surface area contributed by atoms with E-state index in [1.54, 1.807) is 67.0 Å². The third-order valence-corrected chi connectivity index (χ3v) is 7.50. The number of nitrogens with zero attached hydrogens (tertiary/aromatic N) is 1. The van der Waals surface area contributed by atoms with Gasteiger partial charge >= 0.3 is 0 Å². The summed E-state index contributed by atoms with van der Waals surface area (Å²) >= 11 is 0. The maximum Gasteiger partial charge on any atom is 0.243 e. The van der Waals surface area contributed by atoms with E-state index in [-0.39, 0.29) is 23.7 Å². The topological polar surface area (TPSA) is 117 Å². The summed E-state index contributed by atoms with van der Waals surface area (Å²) in [5.41, 5.74) is 1.67. The van der Waals surface area contributed by atoms with Gasteiger partial charge in [-0.2, -0.15) is 0 Å². The molecule has 1 aliphatic rings. The van der Waals surface area contributed by atoms with Gasteiger partial charge in [0.25, 0.3) is 0 Å². The van der Waals surface area contributed by atoms with Crippen molar-refractivity contribution in [3.63, 3.8) is 0 Å². The number of carbonyl (C=O) groups excluding carboxylic acids is 2. The van der Waals surface area contributed by atoms with Gasteiger partial charge in [-0.15, -0.1) is 0 Å². The summed E-state index contributed by atoms with van der Waals surface area (Å²) in [6.45, 7) is 2.69. The summed E-state index contributed by atoms with van der Waals surface area (Å²) in [6, 6.07) is 7.30. The number of rotatable bonds is 16. The van der Waals surface area contributed by atoms with E-state index in [0.29, 0.717) is 47.6 Å². The summed E-state index contributed by atoms with van der Waals surface area (Å²) in [5, 5.41) is 5.98. The van der Waals surface area contributed by atoms with Gasteiger partial charge in [-0.25, -0.2) is 0 Å². The third-order valence-electron chi connectivity index (χ3n) is 7.50. The van der Waals surface area contributed by atoms with E-state index >= 15 is 0 Å². The number of hydrogen-bond acceptors (Lipinski definition) is 9. The molecule has 1 heterocycles. The normalized spacial score (nSPS) is 16.8. The average molecular weight is 636 g/mol. The fraction of sp³-hybridized carbons (Fsp3) is 0.371. The first-order valence-corrected chi connectivity index (χ1v) is 14.8. The van der Waals surface area contributed by atoms with Gasteiger partial charge in [0.15, 0.2) is 23.0 Å². The van der Waals surface area contributed by atoms with Crippen molar-refractivity contribution in [2.75, 3.05) is 75.9 Å². The Bertz CT molecular complexity index is 1290. The summed E-state index contributed by atoms with van der Waals surface area (Å²) in [6.07, 6.45) is 13.6. The number of methoxy groups -OCH3 is 6. The fourth-order valence-electron chi connectivity index (χ4n) is 5.23. The molecule has 11 heteroatoms. The van der Waals surface area contributed by atoms with Crippen LogP contribution in [0.1, 0.15) is 11.1 Å². The molecule has 2 aromatic carbocycles. The zero-order valence-electron chi connectivity index (χ0n) is 27.6. The Balaban J connectivity index is 1.47. The van der Waals surface area contributed by atoms with E-state index in [9.17, 15) is 9.59 Å². The van der Waals surface area contributed by atoms with Crippen LogP contribution in [0.5, 0.6) is 34.5 Å². The highest BCUT2D eigenvalue weighted by Crippen LogP contribution is 2.39. The number of nitrogens with one attached hydrogen (secondary N) is 2. The predicted molar refractivity (Wildman–Crippen MR) is 179 cm³/mol. The van der Waals surface area contributed by atoms with Gasteiger partial charge in [-0.3, -0.25) is 9.59 Å². The second kappa shape index (κ2) is 18.2. The molecule has 248 valence electrons. The lowest BCUT2D eigenvalue weighted by molar-refractivity contribution is -0.117. The van der Waals surface area contributed by atoms with Crippen LogP contribution < -0.4 is 39.1 Å². The smallest absolute Gasteiger partial charge is 0.243 e. The van der Waals surface area contributed by atoms with Crippen molar-refractivity contribution in [1.82, 2.24) is 15.5 Å². The Kier molecular flexibility index (Phi) is 14.0. The molecule has 2 atom stereocenters. The minimum absolute atomic E-state index is 0.186. The maximum absolute atomic E-state index is 12.5. The minimum atomic E-state index is -0.186. The number of allylic oxidation sites excluding steroid dienone is 4. The highest BCUT2D eigenvalue weighted by molar-refractivity contribution is 5.88. The maximum atomic E-state index is 12.5. The molecule has 2 amide bonds. The quantitative estimate of drug-likeness (QED) is 0.209. The second-order valence-electron chi connectivity index (χ2n) is 10.6. The molecule has 0 bridgehead atoms. The molecule has 1 fully saturated rings. The lowest BCUT2D eigenvalue weighted by atomic mass is 9.96. The first-order valence-electron chi connectivity index (χ1n) is 14.8. The molecule has 2 N–H and O–H groups in total. The highest BCUT2D eigenvalue weighted by atomic mass is 16.5. The summed E-state index contributed by atoms with van der Waals surface area (Å²) in [7, 11) is 11.4. The number of ether oxygens (including phenoxy) is 6. The Morgan fingerprint density at radius 3 is 1.28 bits per heavy atom. The van der Waals surface area contributed by atoms with Gasteiger partial charge in [0.1, 0.15) is 0 Å². The van der Waals surface area contributed by atoms with E-state index in [4.69, 9.17) is 28.4 Å². The Labute approximate surface area is 271 Å². The lowest BCUT2D eigenvalue weighted by Crippen LogP contribution is -2.36. The molecule has 0 aliphatic carbocycles. The Morgan fingerprint density at radius 2 is 0.978 bits per heavy atom. The van der Waals surface area contributed by atoms with Crippen molar-refractivity contribution in [3.8, 4) is 34.5 Å². The monoisotopic (exact) mass is 635 g/mol. The van der Waals surface area contributed by atoms with Crippen LogP contribution >= 0.6 is 0 Å². The average Bonchev–Trinajstić information content (AvgIpc) is 3.44. The molecule has 1 saturated heterocycles. The largest absolute Gasteiger partial charge is 0.493 e. The van der Waals surface area contributed by atoms with Crippen LogP contribution in [0.25, 0.3) is 12.2 Å². The van der Waals surface area contributed by atoms with Crippen LogP contribution in [0, 0.1) is 11.8 Å². The summed E-state index contributed by atoms with van der Waals surface area (Å²) in [5.74, 6) is 3.29. The van der Waals surface area contributed by atoms with Crippen molar-refractivity contribution in [2.24, 2.45) is 11.8 Å². The van der Waals surface area contributed by atoms with Crippen LogP contribution in [0.15, 0.2) is 60.7 Å². The van der Waals surface area contributed by atoms with Gasteiger partial charge in [0.05, 0.1) is 42.7 Å². The Morgan fingerprint density at radius 1 is 0.630 bits per heavy atom. The first-order chi connectivity index (χ1) is 22.3. The highest BCUT2D eigenvalue weighted by Gasteiger charge is 2.30. The van der Waals surface area contributed by atoms with Crippen molar-refractivity contribution >= 4 is 24.0 Å². The molecule has 11 nitrogen and oxygen atoms in total.